The minimum absolute atomic E-state index is 0.160. The number of nitrogens with zero attached hydrogens (tertiary/aromatic N) is 1. The Kier molecular flexibility index (Phi) is 3.96. The Morgan fingerprint density at radius 2 is 2.06 bits per heavy atom. The summed E-state index contributed by atoms with van der Waals surface area (Å²) in [5, 5.41) is 0. The first kappa shape index (κ1) is 13.0. The van der Waals surface area contributed by atoms with Crippen LogP contribution in [0.4, 0.5) is 5.82 Å². The van der Waals surface area contributed by atoms with Crippen molar-refractivity contribution in [1.82, 2.24) is 10.4 Å². The zero-order valence-corrected chi connectivity index (χ0v) is 11.6. The van der Waals surface area contributed by atoms with Crippen LogP contribution in [0.5, 0.6) is 0 Å². The van der Waals surface area contributed by atoms with Crippen molar-refractivity contribution < 1.29 is 0 Å². The van der Waals surface area contributed by atoms with Crippen molar-refractivity contribution in [3.8, 4) is 0 Å². The number of nitrogen functional groups attached to an aromatic ring is 1. The summed E-state index contributed by atoms with van der Waals surface area (Å²) in [7, 11) is 0. The van der Waals surface area contributed by atoms with E-state index in [4.69, 9.17) is 11.6 Å². The molecule has 0 amide bonds. The number of aryl methyl sites for hydroxylation is 1. The van der Waals surface area contributed by atoms with Crippen LogP contribution in [0.25, 0.3) is 0 Å². The van der Waals surface area contributed by atoms with Crippen molar-refractivity contribution in [3.63, 3.8) is 0 Å². The summed E-state index contributed by atoms with van der Waals surface area (Å²) in [6, 6.07) is 9.67. The van der Waals surface area contributed by atoms with Crippen molar-refractivity contribution in [2.45, 2.75) is 13.0 Å². The molecule has 0 bridgehead atoms. The summed E-state index contributed by atoms with van der Waals surface area (Å²) >= 11 is 3.45. The molecule has 1 atom stereocenters. The maximum absolute atomic E-state index is 5.90. The molecule has 2 aromatic rings. The standard InChI is InChI=1S/C13H15BrN4/c1-8-7-9(14)4-5-10(8)12(18-16)11-3-2-6-17-13(11)15/h2-7,12,18H,16H2,1H3,(H2,15,17). The maximum Gasteiger partial charge on any atom is 0.128 e. The summed E-state index contributed by atoms with van der Waals surface area (Å²) in [5.41, 5.74) is 11.8. The van der Waals surface area contributed by atoms with Gasteiger partial charge in [-0.15, -0.1) is 0 Å². The average Bonchev–Trinajstić information content (AvgIpc) is 2.34. The monoisotopic (exact) mass is 306 g/mol. The van der Waals surface area contributed by atoms with Crippen molar-refractivity contribution in [1.29, 1.82) is 0 Å². The number of rotatable bonds is 3. The van der Waals surface area contributed by atoms with Gasteiger partial charge in [0, 0.05) is 16.2 Å². The van der Waals surface area contributed by atoms with E-state index < -0.39 is 0 Å². The largest absolute Gasteiger partial charge is 0.383 e. The molecule has 0 fully saturated rings. The molecule has 94 valence electrons. The summed E-state index contributed by atoms with van der Waals surface area (Å²) in [6.45, 7) is 2.04. The molecule has 18 heavy (non-hydrogen) atoms. The Hall–Kier alpha value is -1.43. The van der Waals surface area contributed by atoms with Gasteiger partial charge in [-0.25, -0.2) is 10.4 Å². The molecule has 0 saturated heterocycles. The van der Waals surface area contributed by atoms with E-state index in [1.807, 2.05) is 37.3 Å². The lowest BCUT2D eigenvalue weighted by Crippen LogP contribution is -2.30. The predicted octanol–water partition coefficient (Wildman–Crippen LogP) is 2.29. The summed E-state index contributed by atoms with van der Waals surface area (Å²) in [5.74, 6) is 6.16. The van der Waals surface area contributed by atoms with Gasteiger partial charge in [0.05, 0.1) is 6.04 Å². The van der Waals surface area contributed by atoms with Gasteiger partial charge in [-0.05, 0) is 36.2 Å². The van der Waals surface area contributed by atoms with Gasteiger partial charge in [-0.3, -0.25) is 5.84 Å². The van der Waals surface area contributed by atoms with Gasteiger partial charge >= 0.3 is 0 Å². The van der Waals surface area contributed by atoms with Crippen LogP contribution in [0.1, 0.15) is 22.7 Å². The first-order valence-electron chi connectivity index (χ1n) is 5.56. The minimum Gasteiger partial charge on any atom is -0.383 e. The van der Waals surface area contributed by atoms with Crippen LogP contribution in [-0.2, 0) is 0 Å². The molecule has 1 aromatic carbocycles. The first-order chi connectivity index (χ1) is 8.63. The van der Waals surface area contributed by atoms with Crippen molar-refractivity contribution >= 4 is 21.7 Å². The number of anilines is 1. The Bertz CT molecular complexity index is 556. The van der Waals surface area contributed by atoms with Gasteiger partial charge in [0.1, 0.15) is 5.82 Å². The second-order valence-corrected chi connectivity index (χ2v) is 4.99. The molecule has 5 heteroatoms. The zero-order chi connectivity index (χ0) is 13.1. The zero-order valence-electron chi connectivity index (χ0n) is 10.0. The SMILES string of the molecule is Cc1cc(Br)ccc1C(NN)c1cccnc1N. The normalized spacial score (nSPS) is 12.4. The van der Waals surface area contributed by atoms with Gasteiger partial charge in [0.15, 0.2) is 0 Å². The number of benzene rings is 1. The molecule has 0 aliphatic carbocycles. The smallest absolute Gasteiger partial charge is 0.128 e. The molecule has 0 aliphatic heterocycles. The second kappa shape index (κ2) is 5.48. The lowest BCUT2D eigenvalue weighted by atomic mass is 9.96. The van der Waals surface area contributed by atoms with Gasteiger partial charge in [0.2, 0.25) is 0 Å². The number of hydrogen-bond acceptors (Lipinski definition) is 4. The quantitative estimate of drug-likeness (QED) is 0.600. The average molecular weight is 307 g/mol. The molecule has 0 aliphatic rings. The summed E-state index contributed by atoms with van der Waals surface area (Å²) < 4.78 is 1.04. The predicted molar refractivity (Wildman–Crippen MR) is 76.7 cm³/mol. The third-order valence-corrected chi connectivity index (χ3v) is 3.39. The number of nitrogens with one attached hydrogen (secondary N) is 1. The highest BCUT2D eigenvalue weighted by Gasteiger charge is 2.17. The highest BCUT2D eigenvalue weighted by atomic mass is 79.9. The summed E-state index contributed by atoms with van der Waals surface area (Å²) in [4.78, 5) is 4.09. The third kappa shape index (κ3) is 2.53. The van der Waals surface area contributed by atoms with Crippen LogP contribution >= 0.6 is 15.9 Å². The number of pyridine rings is 1. The van der Waals surface area contributed by atoms with Crippen molar-refractivity contribution in [2.24, 2.45) is 5.84 Å². The van der Waals surface area contributed by atoms with Crippen LogP contribution in [0.15, 0.2) is 41.0 Å². The number of nitrogens with two attached hydrogens (primary N) is 2. The lowest BCUT2D eigenvalue weighted by Gasteiger charge is -2.20. The van der Waals surface area contributed by atoms with Crippen LogP contribution in [0.3, 0.4) is 0 Å². The fourth-order valence-electron chi connectivity index (χ4n) is 1.98. The topological polar surface area (TPSA) is 77.0 Å². The molecule has 1 aromatic heterocycles. The third-order valence-electron chi connectivity index (χ3n) is 2.89. The van der Waals surface area contributed by atoms with Gasteiger partial charge in [0.25, 0.3) is 0 Å². The molecule has 0 spiro atoms. The molecule has 0 radical (unpaired) electrons. The van der Waals surface area contributed by atoms with E-state index in [0.29, 0.717) is 5.82 Å². The van der Waals surface area contributed by atoms with Crippen LogP contribution in [0, 0.1) is 6.92 Å². The number of halogens is 1. The lowest BCUT2D eigenvalue weighted by molar-refractivity contribution is 0.633. The van der Waals surface area contributed by atoms with Crippen LogP contribution in [0.2, 0.25) is 0 Å². The van der Waals surface area contributed by atoms with Gasteiger partial charge in [-0.1, -0.05) is 28.1 Å². The number of hydrazine groups is 1. The first-order valence-corrected chi connectivity index (χ1v) is 6.35. The Morgan fingerprint density at radius 3 is 2.67 bits per heavy atom. The van der Waals surface area contributed by atoms with E-state index in [0.717, 1.165) is 21.2 Å². The summed E-state index contributed by atoms with van der Waals surface area (Å²) in [6.07, 6.45) is 1.67. The highest BCUT2D eigenvalue weighted by molar-refractivity contribution is 9.10. The molecule has 5 N–H and O–H groups in total. The molecule has 2 rings (SSSR count). The molecular weight excluding hydrogens is 292 g/mol. The Balaban J connectivity index is 2.49. The van der Waals surface area contributed by atoms with E-state index in [-0.39, 0.29) is 6.04 Å². The van der Waals surface area contributed by atoms with E-state index in [2.05, 4.69) is 26.3 Å². The van der Waals surface area contributed by atoms with Crippen LogP contribution < -0.4 is 17.0 Å². The molecule has 1 unspecified atom stereocenters. The van der Waals surface area contributed by atoms with E-state index in [1.54, 1.807) is 6.20 Å². The molecular formula is C13H15BrN4. The molecule has 4 nitrogen and oxygen atoms in total. The fourth-order valence-corrected chi connectivity index (χ4v) is 2.46. The Labute approximate surface area is 115 Å². The number of hydrogen-bond donors (Lipinski definition) is 3. The molecule has 1 heterocycles. The highest BCUT2D eigenvalue weighted by Crippen LogP contribution is 2.28. The Morgan fingerprint density at radius 1 is 1.28 bits per heavy atom. The van der Waals surface area contributed by atoms with E-state index in [9.17, 15) is 0 Å². The van der Waals surface area contributed by atoms with E-state index >= 15 is 0 Å². The van der Waals surface area contributed by atoms with E-state index in [1.165, 1.54) is 0 Å². The van der Waals surface area contributed by atoms with Gasteiger partial charge in [-0.2, -0.15) is 0 Å². The second-order valence-electron chi connectivity index (χ2n) is 4.08. The fraction of sp³-hybridized carbons (Fsp3) is 0.154. The number of aromatic nitrogens is 1. The maximum atomic E-state index is 5.90. The molecule has 0 saturated carbocycles. The van der Waals surface area contributed by atoms with Crippen molar-refractivity contribution in [3.05, 3.63) is 57.7 Å². The van der Waals surface area contributed by atoms with Crippen LogP contribution in [-0.4, -0.2) is 4.98 Å². The van der Waals surface area contributed by atoms with Gasteiger partial charge < -0.3 is 5.73 Å². The van der Waals surface area contributed by atoms with Crippen molar-refractivity contribution in [2.75, 3.05) is 5.73 Å². The minimum atomic E-state index is -0.160.